The smallest absolute Gasteiger partial charge is 0.284 e. The van der Waals surface area contributed by atoms with E-state index in [0.29, 0.717) is 16.0 Å². The number of carbonyl (C=O) groups excluding carboxylic acids is 1. The molecule has 0 radical (unpaired) electrons. The molecule has 0 spiro atoms. The molecule has 1 aliphatic rings. The van der Waals surface area contributed by atoms with Gasteiger partial charge in [0, 0.05) is 17.7 Å². The number of rotatable bonds is 3. The maximum absolute atomic E-state index is 12.2. The first-order valence-electron chi connectivity index (χ1n) is 7.22. The van der Waals surface area contributed by atoms with Gasteiger partial charge >= 0.3 is 0 Å². The molecule has 6 heteroatoms. The predicted molar refractivity (Wildman–Crippen MR) is 84.3 cm³/mol. The predicted octanol–water partition coefficient (Wildman–Crippen LogP) is 4.06. The molecule has 1 aromatic rings. The third-order valence-corrected chi connectivity index (χ3v) is 4.67. The largest absolute Gasteiger partial charge is 0.349 e. The van der Waals surface area contributed by atoms with Gasteiger partial charge in [0.15, 0.2) is 0 Å². The second-order valence-corrected chi connectivity index (χ2v) is 6.56. The number of nitrogens with zero attached hydrogens (tertiary/aromatic N) is 1. The van der Waals surface area contributed by atoms with E-state index in [-0.39, 0.29) is 17.6 Å². The SMILES string of the molecule is CC1CCCC(NC(=O)c2ccc(Br)c([N+](=O)[O-])c2)CC1. The number of hydrogen-bond donors (Lipinski definition) is 1. The van der Waals surface area contributed by atoms with E-state index in [2.05, 4.69) is 28.2 Å². The zero-order valence-corrected chi connectivity index (χ0v) is 13.6. The van der Waals surface area contributed by atoms with E-state index in [1.54, 1.807) is 12.1 Å². The summed E-state index contributed by atoms with van der Waals surface area (Å²) in [6, 6.07) is 4.64. The lowest BCUT2D eigenvalue weighted by molar-refractivity contribution is -0.385. The van der Waals surface area contributed by atoms with Crippen LogP contribution in [-0.4, -0.2) is 16.9 Å². The van der Waals surface area contributed by atoms with E-state index < -0.39 is 4.92 Å². The Hall–Kier alpha value is -1.43. The molecule has 1 fully saturated rings. The molecule has 1 amide bonds. The third-order valence-electron chi connectivity index (χ3n) is 4.00. The van der Waals surface area contributed by atoms with Crippen LogP contribution >= 0.6 is 15.9 Å². The van der Waals surface area contributed by atoms with Crippen LogP contribution in [0.15, 0.2) is 22.7 Å². The Morgan fingerprint density at radius 2 is 2.10 bits per heavy atom. The van der Waals surface area contributed by atoms with Crippen LogP contribution in [0.1, 0.15) is 49.4 Å². The second kappa shape index (κ2) is 7.02. The van der Waals surface area contributed by atoms with Crippen molar-refractivity contribution in [1.82, 2.24) is 5.32 Å². The van der Waals surface area contributed by atoms with Crippen LogP contribution in [0.2, 0.25) is 0 Å². The molecule has 0 aromatic heterocycles. The lowest BCUT2D eigenvalue weighted by Crippen LogP contribution is -2.34. The first kappa shape index (κ1) is 15.9. The van der Waals surface area contributed by atoms with Gasteiger partial charge in [-0.05, 0) is 53.2 Å². The average Bonchev–Trinajstić information content (AvgIpc) is 2.64. The lowest BCUT2D eigenvalue weighted by Gasteiger charge is -2.16. The molecule has 21 heavy (non-hydrogen) atoms. The van der Waals surface area contributed by atoms with E-state index in [4.69, 9.17) is 0 Å². The van der Waals surface area contributed by atoms with Crippen molar-refractivity contribution in [2.45, 2.75) is 45.1 Å². The van der Waals surface area contributed by atoms with E-state index in [0.717, 1.165) is 25.7 Å². The maximum Gasteiger partial charge on any atom is 0.284 e. The Morgan fingerprint density at radius 1 is 1.33 bits per heavy atom. The Balaban J connectivity index is 2.06. The Labute approximate surface area is 132 Å². The molecule has 1 N–H and O–H groups in total. The summed E-state index contributed by atoms with van der Waals surface area (Å²) in [4.78, 5) is 22.7. The molecule has 2 unspecified atom stereocenters. The zero-order valence-electron chi connectivity index (χ0n) is 12.0. The highest BCUT2D eigenvalue weighted by molar-refractivity contribution is 9.10. The molecule has 1 saturated carbocycles. The van der Waals surface area contributed by atoms with Gasteiger partial charge in [-0.2, -0.15) is 0 Å². The highest BCUT2D eigenvalue weighted by atomic mass is 79.9. The zero-order chi connectivity index (χ0) is 15.4. The molecule has 0 bridgehead atoms. The molecule has 2 rings (SSSR count). The van der Waals surface area contributed by atoms with Crippen LogP contribution in [0.5, 0.6) is 0 Å². The van der Waals surface area contributed by atoms with E-state index >= 15 is 0 Å². The Kier molecular flexibility index (Phi) is 5.33. The fourth-order valence-corrected chi connectivity index (χ4v) is 3.09. The first-order valence-corrected chi connectivity index (χ1v) is 8.01. The molecule has 1 aromatic carbocycles. The van der Waals surface area contributed by atoms with Crippen molar-refractivity contribution in [3.8, 4) is 0 Å². The topological polar surface area (TPSA) is 72.2 Å². The van der Waals surface area contributed by atoms with Crippen molar-refractivity contribution in [2.75, 3.05) is 0 Å². The Morgan fingerprint density at radius 3 is 2.81 bits per heavy atom. The minimum absolute atomic E-state index is 0.0860. The molecular formula is C15H19BrN2O3. The van der Waals surface area contributed by atoms with E-state index in [9.17, 15) is 14.9 Å². The van der Waals surface area contributed by atoms with Crippen molar-refractivity contribution in [3.05, 3.63) is 38.3 Å². The summed E-state index contributed by atoms with van der Waals surface area (Å²) >= 11 is 3.12. The van der Waals surface area contributed by atoms with Crippen LogP contribution in [0.3, 0.4) is 0 Å². The third kappa shape index (κ3) is 4.27. The number of nitro benzene ring substituents is 1. The summed E-state index contributed by atoms with van der Waals surface area (Å²) in [6.45, 7) is 2.24. The van der Waals surface area contributed by atoms with Gasteiger partial charge in [-0.1, -0.05) is 19.8 Å². The highest BCUT2D eigenvalue weighted by Gasteiger charge is 2.20. The van der Waals surface area contributed by atoms with Crippen molar-refractivity contribution in [2.24, 2.45) is 5.92 Å². The molecule has 0 heterocycles. The number of amides is 1. The van der Waals surface area contributed by atoms with Gasteiger partial charge in [0.25, 0.3) is 11.6 Å². The van der Waals surface area contributed by atoms with Gasteiger partial charge in [0.1, 0.15) is 0 Å². The minimum atomic E-state index is -0.492. The van der Waals surface area contributed by atoms with Crippen LogP contribution in [0.25, 0.3) is 0 Å². The standard InChI is InChI=1S/C15H19BrN2O3/c1-10-3-2-4-12(7-5-10)17-15(19)11-6-8-13(16)14(9-11)18(20)21/h6,8-10,12H,2-5,7H2,1H3,(H,17,19). The molecule has 114 valence electrons. The molecule has 5 nitrogen and oxygen atoms in total. The highest BCUT2D eigenvalue weighted by Crippen LogP contribution is 2.26. The van der Waals surface area contributed by atoms with Gasteiger partial charge in [-0.25, -0.2) is 0 Å². The minimum Gasteiger partial charge on any atom is -0.349 e. The van der Waals surface area contributed by atoms with Gasteiger partial charge in [0.05, 0.1) is 9.40 Å². The maximum atomic E-state index is 12.2. The fraction of sp³-hybridized carbons (Fsp3) is 0.533. The van der Waals surface area contributed by atoms with E-state index in [1.165, 1.54) is 12.5 Å². The van der Waals surface area contributed by atoms with Crippen molar-refractivity contribution in [1.29, 1.82) is 0 Å². The number of nitrogens with one attached hydrogen (secondary N) is 1. The van der Waals surface area contributed by atoms with Crippen LogP contribution in [0.4, 0.5) is 5.69 Å². The molecule has 2 atom stereocenters. The number of hydrogen-bond acceptors (Lipinski definition) is 3. The summed E-state index contributed by atoms with van der Waals surface area (Å²) in [5.41, 5.74) is 0.249. The lowest BCUT2D eigenvalue weighted by atomic mass is 10.0. The van der Waals surface area contributed by atoms with Crippen molar-refractivity contribution in [3.63, 3.8) is 0 Å². The van der Waals surface area contributed by atoms with Crippen molar-refractivity contribution >= 4 is 27.5 Å². The van der Waals surface area contributed by atoms with Crippen LogP contribution < -0.4 is 5.32 Å². The number of carbonyl (C=O) groups is 1. The van der Waals surface area contributed by atoms with E-state index in [1.807, 2.05) is 0 Å². The second-order valence-electron chi connectivity index (χ2n) is 5.71. The first-order chi connectivity index (χ1) is 9.97. The van der Waals surface area contributed by atoms with Gasteiger partial charge in [0.2, 0.25) is 0 Å². The molecular weight excluding hydrogens is 336 g/mol. The van der Waals surface area contributed by atoms with Gasteiger partial charge in [-0.15, -0.1) is 0 Å². The molecule has 0 aliphatic heterocycles. The number of nitro groups is 1. The summed E-state index contributed by atoms with van der Waals surface area (Å²) in [5, 5.41) is 13.9. The average molecular weight is 355 g/mol. The summed E-state index contributed by atoms with van der Waals surface area (Å²) < 4.78 is 0.382. The normalized spacial score (nSPS) is 22.4. The summed E-state index contributed by atoms with van der Waals surface area (Å²) in [5.74, 6) is 0.478. The van der Waals surface area contributed by atoms with Gasteiger partial charge in [-0.3, -0.25) is 14.9 Å². The fourth-order valence-electron chi connectivity index (χ4n) is 2.69. The summed E-state index contributed by atoms with van der Waals surface area (Å²) in [6.07, 6.45) is 5.40. The summed E-state index contributed by atoms with van der Waals surface area (Å²) in [7, 11) is 0. The van der Waals surface area contributed by atoms with Crippen LogP contribution in [0, 0.1) is 16.0 Å². The molecule has 0 saturated heterocycles. The quantitative estimate of drug-likeness (QED) is 0.505. The number of halogens is 1. The Bertz CT molecular complexity index is 548. The monoisotopic (exact) mass is 354 g/mol. The molecule has 1 aliphatic carbocycles. The van der Waals surface area contributed by atoms with Crippen LogP contribution in [-0.2, 0) is 0 Å². The van der Waals surface area contributed by atoms with Crippen molar-refractivity contribution < 1.29 is 9.72 Å². The number of benzene rings is 1. The van der Waals surface area contributed by atoms with Gasteiger partial charge < -0.3 is 5.32 Å².